The van der Waals surface area contributed by atoms with Crippen LogP contribution in [0.5, 0.6) is 0 Å². The first-order chi connectivity index (χ1) is 14.1. The van der Waals surface area contributed by atoms with Crippen LogP contribution in [0.25, 0.3) is 0 Å². The Morgan fingerprint density at radius 1 is 1.10 bits per heavy atom. The molecule has 1 N–H and O–H groups in total. The molecule has 0 aliphatic heterocycles. The van der Waals surface area contributed by atoms with E-state index in [9.17, 15) is 18.0 Å². The maximum Gasteiger partial charge on any atom is 0.338 e. The number of carbonyl (C=O) groups excluding carboxylic acids is 2. The Hall–Kier alpha value is -2.87. The molecule has 2 aromatic rings. The summed E-state index contributed by atoms with van der Waals surface area (Å²) in [6, 6.07) is 11.0. The van der Waals surface area contributed by atoms with Gasteiger partial charge in [-0.3, -0.25) is 9.10 Å². The lowest BCUT2D eigenvalue weighted by Crippen LogP contribution is -2.45. The zero-order valence-electron chi connectivity index (χ0n) is 17.9. The molecular weight excluding hydrogens is 404 g/mol. The zero-order valence-corrected chi connectivity index (χ0v) is 18.7. The number of anilines is 2. The fourth-order valence-corrected chi connectivity index (χ4v) is 4.30. The molecule has 30 heavy (non-hydrogen) atoms. The molecular formula is C22H28N2O5S. The van der Waals surface area contributed by atoms with Crippen LogP contribution in [0.3, 0.4) is 0 Å². The molecule has 0 spiro atoms. The number of carbonyl (C=O) groups is 2. The molecule has 0 heterocycles. The Morgan fingerprint density at radius 3 is 2.27 bits per heavy atom. The van der Waals surface area contributed by atoms with E-state index in [1.54, 1.807) is 44.2 Å². The maximum atomic E-state index is 12.9. The summed E-state index contributed by atoms with van der Waals surface area (Å²) in [5.74, 6) is -0.989. The lowest BCUT2D eigenvalue weighted by atomic mass is 10.1. The van der Waals surface area contributed by atoms with Gasteiger partial charge in [0.1, 0.15) is 6.04 Å². The van der Waals surface area contributed by atoms with E-state index >= 15 is 0 Å². The standard InChI is InChI=1S/C22H28N2O5S/c1-6-17-11-13-18(14-12-17)24(30(5,27)28)16(4)21(25)23-20-10-8-9-19(15(20)3)22(26)29-7-2/h8-14,16H,6-7H2,1-5H3,(H,23,25)/t16-/m1/s1. The van der Waals surface area contributed by atoms with E-state index in [0.717, 1.165) is 22.5 Å². The van der Waals surface area contributed by atoms with Gasteiger partial charge in [-0.05, 0) is 62.6 Å². The molecule has 0 saturated heterocycles. The van der Waals surface area contributed by atoms with Gasteiger partial charge >= 0.3 is 5.97 Å². The summed E-state index contributed by atoms with van der Waals surface area (Å²) in [6.07, 6.45) is 1.89. The van der Waals surface area contributed by atoms with Crippen molar-refractivity contribution < 1.29 is 22.7 Å². The highest BCUT2D eigenvalue weighted by atomic mass is 32.2. The largest absolute Gasteiger partial charge is 0.462 e. The van der Waals surface area contributed by atoms with Crippen LogP contribution < -0.4 is 9.62 Å². The summed E-state index contributed by atoms with van der Waals surface area (Å²) < 4.78 is 31.0. The lowest BCUT2D eigenvalue weighted by Gasteiger charge is -2.28. The van der Waals surface area contributed by atoms with E-state index in [1.807, 2.05) is 19.1 Å². The van der Waals surface area contributed by atoms with Crippen LogP contribution in [0.2, 0.25) is 0 Å². The molecule has 8 heteroatoms. The average Bonchev–Trinajstić information content (AvgIpc) is 2.69. The summed E-state index contributed by atoms with van der Waals surface area (Å²) in [7, 11) is -3.71. The zero-order chi connectivity index (χ0) is 22.5. The van der Waals surface area contributed by atoms with Gasteiger partial charge in [-0.25, -0.2) is 13.2 Å². The van der Waals surface area contributed by atoms with Crippen molar-refractivity contribution in [1.29, 1.82) is 0 Å². The summed E-state index contributed by atoms with van der Waals surface area (Å²) in [5, 5.41) is 2.74. The van der Waals surface area contributed by atoms with Crippen molar-refractivity contribution in [2.75, 3.05) is 22.5 Å². The number of hydrogen-bond donors (Lipinski definition) is 1. The number of amides is 1. The Morgan fingerprint density at radius 2 is 1.73 bits per heavy atom. The van der Waals surface area contributed by atoms with Gasteiger partial charge in [-0.15, -0.1) is 0 Å². The van der Waals surface area contributed by atoms with Crippen molar-refractivity contribution in [3.63, 3.8) is 0 Å². The van der Waals surface area contributed by atoms with Crippen LogP contribution in [-0.2, 0) is 26.0 Å². The second-order valence-corrected chi connectivity index (χ2v) is 8.80. The Labute approximate surface area is 178 Å². The Kier molecular flexibility index (Phi) is 7.61. The summed E-state index contributed by atoms with van der Waals surface area (Å²) >= 11 is 0. The van der Waals surface area contributed by atoms with Gasteiger partial charge in [0, 0.05) is 5.69 Å². The minimum Gasteiger partial charge on any atom is -0.462 e. The van der Waals surface area contributed by atoms with E-state index in [-0.39, 0.29) is 6.61 Å². The van der Waals surface area contributed by atoms with E-state index in [2.05, 4.69) is 5.32 Å². The van der Waals surface area contributed by atoms with E-state index in [1.165, 1.54) is 6.92 Å². The average molecular weight is 433 g/mol. The molecule has 0 radical (unpaired) electrons. The highest BCUT2D eigenvalue weighted by molar-refractivity contribution is 7.92. The second kappa shape index (κ2) is 9.75. The van der Waals surface area contributed by atoms with E-state index in [4.69, 9.17) is 4.74 Å². The van der Waals surface area contributed by atoms with Crippen molar-refractivity contribution in [1.82, 2.24) is 0 Å². The summed E-state index contributed by atoms with van der Waals surface area (Å²) in [5.41, 5.74) is 2.80. The first-order valence-corrected chi connectivity index (χ1v) is 11.6. The Bertz CT molecular complexity index is 1020. The molecule has 0 saturated carbocycles. The van der Waals surface area contributed by atoms with E-state index < -0.39 is 27.9 Å². The quantitative estimate of drug-likeness (QED) is 0.644. The van der Waals surface area contributed by atoms with Crippen molar-refractivity contribution in [2.24, 2.45) is 0 Å². The number of nitrogens with one attached hydrogen (secondary N) is 1. The monoisotopic (exact) mass is 432 g/mol. The number of aryl methyl sites for hydroxylation is 1. The minimum absolute atomic E-state index is 0.242. The predicted molar refractivity (Wildman–Crippen MR) is 118 cm³/mol. The third kappa shape index (κ3) is 5.38. The van der Waals surface area contributed by atoms with Gasteiger partial charge < -0.3 is 10.1 Å². The molecule has 0 aliphatic rings. The fourth-order valence-electron chi connectivity index (χ4n) is 3.13. The van der Waals surface area contributed by atoms with Crippen LogP contribution in [-0.4, -0.2) is 39.2 Å². The smallest absolute Gasteiger partial charge is 0.338 e. The third-order valence-electron chi connectivity index (χ3n) is 4.77. The predicted octanol–water partition coefficient (Wildman–Crippen LogP) is 3.53. The number of rotatable bonds is 8. The third-order valence-corrected chi connectivity index (χ3v) is 6.02. The molecule has 0 aliphatic carbocycles. The fraction of sp³-hybridized carbons (Fsp3) is 0.364. The van der Waals surface area contributed by atoms with Gasteiger partial charge in [0.15, 0.2) is 0 Å². The number of benzene rings is 2. The van der Waals surface area contributed by atoms with Crippen molar-refractivity contribution in [3.05, 3.63) is 59.2 Å². The van der Waals surface area contributed by atoms with Crippen molar-refractivity contribution >= 4 is 33.3 Å². The van der Waals surface area contributed by atoms with Crippen molar-refractivity contribution in [2.45, 2.75) is 40.2 Å². The van der Waals surface area contributed by atoms with Crippen LogP contribution in [0, 0.1) is 6.92 Å². The highest BCUT2D eigenvalue weighted by Gasteiger charge is 2.29. The molecule has 2 aromatic carbocycles. The van der Waals surface area contributed by atoms with Gasteiger partial charge in [-0.1, -0.05) is 25.1 Å². The van der Waals surface area contributed by atoms with Crippen LogP contribution in [0.1, 0.15) is 42.3 Å². The number of sulfonamides is 1. The minimum atomic E-state index is -3.71. The van der Waals surface area contributed by atoms with Gasteiger partial charge in [-0.2, -0.15) is 0 Å². The van der Waals surface area contributed by atoms with Gasteiger partial charge in [0.25, 0.3) is 0 Å². The summed E-state index contributed by atoms with van der Waals surface area (Å²) in [4.78, 5) is 25.0. The number of nitrogens with zero attached hydrogens (tertiary/aromatic N) is 1. The number of hydrogen-bond acceptors (Lipinski definition) is 5. The second-order valence-electron chi connectivity index (χ2n) is 6.94. The molecule has 0 bridgehead atoms. The molecule has 0 aromatic heterocycles. The Balaban J connectivity index is 2.32. The molecule has 7 nitrogen and oxygen atoms in total. The topological polar surface area (TPSA) is 92.8 Å². The van der Waals surface area contributed by atoms with Gasteiger partial charge in [0.05, 0.1) is 24.1 Å². The number of ether oxygens (including phenoxy) is 1. The molecule has 2 rings (SSSR count). The first-order valence-electron chi connectivity index (χ1n) is 9.76. The highest BCUT2D eigenvalue weighted by Crippen LogP contribution is 2.24. The maximum absolute atomic E-state index is 12.9. The summed E-state index contributed by atoms with van der Waals surface area (Å²) in [6.45, 7) is 7.19. The molecule has 1 amide bonds. The van der Waals surface area contributed by atoms with Crippen LogP contribution in [0.15, 0.2) is 42.5 Å². The van der Waals surface area contributed by atoms with Crippen molar-refractivity contribution in [3.8, 4) is 0 Å². The lowest BCUT2D eigenvalue weighted by molar-refractivity contribution is -0.116. The number of esters is 1. The molecule has 0 fully saturated rings. The first kappa shape index (κ1) is 23.4. The van der Waals surface area contributed by atoms with Crippen LogP contribution >= 0.6 is 0 Å². The molecule has 162 valence electrons. The molecule has 1 atom stereocenters. The SMILES string of the molecule is CCOC(=O)c1cccc(NC(=O)[C@@H](C)N(c2ccc(CC)cc2)S(C)(=O)=O)c1C. The normalized spacial score (nSPS) is 12.2. The molecule has 0 unspecified atom stereocenters. The van der Waals surface area contributed by atoms with Crippen LogP contribution in [0.4, 0.5) is 11.4 Å². The van der Waals surface area contributed by atoms with Gasteiger partial charge in [0.2, 0.25) is 15.9 Å². The van der Waals surface area contributed by atoms with E-state index in [0.29, 0.717) is 22.5 Å².